The van der Waals surface area contributed by atoms with E-state index in [1.807, 2.05) is 6.08 Å². The first-order valence-corrected chi connectivity index (χ1v) is 8.29. The van der Waals surface area contributed by atoms with Crippen molar-refractivity contribution in [3.63, 3.8) is 0 Å². The van der Waals surface area contributed by atoms with Gasteiger partial charge in [-0.3, -0.25) is 0 Å². The molecule has 0 heteroatoms. The highest BCUT2D eigenvalue weighted by Gasteiger charge is 2.52. The van der Waals surface area contributed by atoms with Crippen molar-refractivity contribution in [1.29, 1.82) is 0 Å². The fraction of sp³-hybridized carbons (Fsp3) is 0.700. The normalized spacial score (nSPS) is 36.2. The molecule has 2 rings (SSSR count). The maximum absolute atomic E-state index is 4.43. The third-order valence-electron chi connectivity index (χ3n) is 6.36. The Kier molecular flexibility index (Phi) is 4.33. The quantitative estimate of drug-likeness (QED) is 0.415. The van der Waals surface area contributed by atoms with Gasteiger partial charge in [-0.25, -0.2) is 0 Å². The lowest BCUT2D eigenvalue weighted by atomic mass is 9.47. The van der Waals surface area contributed by atoms with Gasteiger partial charge in [0.2, 0.25) is 0 Å². The van der Waals surface area contributed by atoms with Crippen LogP contribution in [0.3, 0.4) is 0 Å². The van der Waals surface area contributed by atoms with Gasteiger partial charge >= 0.3 is 0 Å². The van der Waals surface area contributed by atoms with Gasteiger partial charge in [0.1, 0.15) is 0 Å². The molecular weight excluding hydrogens is 240 g/mol. The molecule has 0 amide bonds. The SMILES string of the molecule is C=CC(=C)CC[C@@H]1C(=C)CC[C@@H]2C(C)(C)CCC[C@]12C. The Bertz CT molecular complexity index is 412. The molecule has 0 aromatic carbocycles. The second kappa shape index (κ2) is 5.54. The average molecular weight is 272 g/mol. The summed E-state index contributed by atoms with van der Waals surface area (Å²) >= 11 is 0. The van der Waals surface area contributed by atoms with Gasteiger partial charge in [0.05, 0.1) is 0 Å². The van der Waals surface area contributed by atoms with E-state index in [1.54, 1.807) is 0 Å². The van der Waals surface area contributed by atoms with Gasteiger partial charge in [0.15, 0.2) is 0 Å². The van der Waals surface area contributed by atoms with Gasteiger partial charge in [-0.2, -0.15) is 0 Å². The zero-order valence-corrected chi connectivity index (χ0v) is 13.8. The molecule has 0 aliphatic heterocycles. The Balaban J connectivity index is 2.22. The molecule has 0 radical (unpaired) electrons. The molecule has 2 aliphatic carbocycles. The van der Waals surface area contributed by atoms with Crippen LogP contribution >= 0.6 is 0 Å². The van der Waals surface area contributed by atoms with Gasteiger partial charge in [-0.1, -0.05) is 64.2 Å². The highest BCUT2D eigenvalue weighted by atomic mass is 14.6. The average Bonchev–Trinajstić information content (AvgIpc) is 2.36. The molecule has 3 atom stereocenters. The molecule has 0 aromatic rings. The molecule has 0 unspecified atom stereocenters. The van der Waals surface area contributed by atoms with Crippen LogP contribution in [0.4, 0.5) is 0 Å². The molecule has 0 heterocycles. The van der Waals surface area contributed by atoms with E-state index in [-0.39, 0.29) is 0 Å². The van der Waals surface area contributed by atoms with Crippen molar-refractivity contribution < 1.29 is 0 Å². The van der Waals surface area contributed by atoms with E-state index in [2.05, 4.69) is 40.5 Å². The zero-order chi connectivity index (χ0) is 15.0. The minimum atomic E-state index is 0.457. The van der Waals surface area contributed by atoms with Crippen molar-refractivity contribution in [2.24, 2.45) is 22.7 Å². The monoisotopic (exact) mass is 272 g/mol. The first-order chi connectivity index (χ1) is 9.31. The van der Waals surface area contributed by atoms with Crippen molar-refractivity contribution in [1.82, 2.24) is 0 Å². The molecule has 2 fully saturated rings. The fourth-order valence-corrected chi connectivity index (χ4v) is 5.24. The predicted octanol–water partition coefficient (Wildman–Crippen LogP) is 6.31. The van der Waals surface area contributed by atoms with Crippen LogP contribution in [0.25, 0.3) is 0 Å². The van der Waals surface area contributed by atoms with Gasteiger partial charge in [0, 0.05) is 0 Å². The lowest BCUT2D eigenvalue weighted by Crippen LogP contribution is -2.49. The van der Waals surface area contributed by atoms with E-state index in [0.717, 1.165) is 12.3 Å². The van der Waals surface area contributed by atoms with E-state index < -0.39 is 0 Å². The molecule has 0 bridgehead atoms. The van der Waals surface area contributed by atoms with Gasteiger partial charge < -0.3 is 0 Å². The standard InChI is InChI=1S/C20H32/c1-7-15(2)9-11-17-16(3)10-12-18-19(4,5)13-8-14-20(17,18)6/h7,17-18H,1-3,8-14H2,4-6H3/t17-,18-,20-/m1/s1. The largest absolute Gasteiger partial charge is 0.0996 e. The van der Waals surface area contributed by atoms with Crippen LogP contribution in [-0.4, -0.2) is 0 Å². The highest BCUT2D eigenvalue weighted by Crippen LogP contribution is 2.61. The molecule has 112 valence electrons. The van der Waals surface area contributed by atoms with Crippen molar-refractivity contribution in [2.75, 3.05) is 0 Å². The van der Waals surface area contributed by atoms with Crippen LogP contribution < -0.4 is 0 Å². The second-order valence-electron chi connectivity index (χ2n) is 8.05. The third-order valence-corrected chi connectivity index (χ3v) is 6.36. The van der Waals surface area contributed by atoms with Gasteiger partial charge in [-0.15, -0.1) is 0 Å². The molecule has 0 aromatic heterocycles. The smallest absolute Gasteiger partial charge is 0.0146 e. The summed E-state index contributed by atoms with van der Waals surface area (Å²) in [5.74, 6) is 1.54. The molecule has 2 saturated carbocycles. The van der Waals surface area contributed by atoms with E-state index >= 15 is 0 Å². The Labute approximate surface area is 126 Å². The van der Waals surface area contributed by atoms with Crippen LogP contribution in [0, 0.1) is 22.7 Å². The lowest BCUT2D eigenvalue weighted by molar-refractivity contribution is -0.0538. The highest BCUT2D eigenvalue weighted by molar-refractivity contribution is 5.18. The van der Waals surface area contributed by atoms with Gasteiger partial charge in [-0.05, 0) is 61.2 Å². The van der Waals surface area contributed by atoms with Crippen LogP contribution in [0.5, 0.6) is 0 Å². The Morgan fingerprint density at radius 2 is 2.00 bits per heavy atom. The van der Waals surface area contributed by atoms with Crippen molar-refractivity contribution in [2.45, 2.75) is 65.7 Å². The minimum absolute atomic E-state index is 0.457. The lowest BCUT2D eigenvalue weighted by Gasteiger charge is -2.58. The van der Waals surface area contributed by atoms with Crippen LogP contribution in [0.1, 0.15) is 65.7 Å². The summed E-state index contributed by atoms with van der Waals surface area (Å²) in [6, 6.07) is 0. The van der Waals surface area contributed by atoms with Gasteiger partial charge in [0.25, 0.3) is 0 Å². The number of rotatable bonds is 4. The van der Waals surface area contributed by atoms with E-state index in [1.165, 1.54) is 49.7 Å². The number of hydrogen-bond donors (Lipinski definition) is 0. The fourth-order valence-electron chi connectivity index (χ4n) is 5.24. The molecule has 20 heavy (non-hydrogen) atoms. The number of hydrogen-bond acceptors (Lipinski definition) is 0. The molecule has 2 aliphatic rings. The Morgan fingerprint density at radius 3 is 2.65 bits per heavy atom. The van der Waals surface area contributed by atoms with E-state index in [9.17, 15) is 0 Å². The van der Waals surface area contributed by atoms with Crippen molar-refractivity contribution in [3.8, 4) is 0 Å². The molecule has 0 nitrogen and oxygen atoms in total. The first kappa shape index (κ1) is 15.6. The molecule has 0 N–H and O–H groups in total. The summed E-state index contributed by atoms with van der Waals surface area (Å²) in [5, 5.41) is 0. The number of allylic oxidation sites excluding steroid dienone is 3. The maximum atomic E-state index is 4.43. The van der Waals surface area contributed by atoms with E-state index in [0.29, 0.717) is 16.7 Å². The topological polar surface area (TPSA) is 0 Å². The summed E-state index contributed by atoms with van der Waals surface area (Å²) in [4.78, 5) is 0. The van der Waals surface area contributed by atoms with Crippen molar-refractivity contribution >= 4 is 0 Å². The summed E-state index contributed by atoms with van der Waals surface area (Å²) in [6.07, 6.45) is 10.9. The Morgan fingerprint density at radius 1 is 1.30 bits per heavy atom. The minimum Gasteiger partial charge on any atom is -0.0996 e. The molecule has 0 saturated heterocycles. The first-order valence-electron chi connectivity index (χ1n) is 8.29. The second-order valence-corrected chi connectivity index (χ2v) is 8.05. The van der Waals surface area contributed by atoms with Crippen LogP contribution in [-0.2, 0) is 0 Å². The van der Waals surface area contributed by atoms with E-state index in [4.69, 9.17) is 0 Å². The summed E-state index contributed by atoms with van der Waals surface area (Å²) in [7, 11) is 0. The molecule has 0 spiro atoms. The zero-order valence-electron chi connectivity index (χ0n) is 13.8. The summed E-state index contributed by atoms with van der Waals surface area (Å²) in [5.41, 5.74) is 3.64. The van der Waals surface area contributed by atoms with Crippen LogP contribution in [0.2, 0.25) is 0 Å². The predicted molar refractivity (Wildman–Crippen MR) is 89.7 cm³/mol. The third kappa shape index (κ3) is 2.67. The molecular formula is C20H32. The summed E-state index contributed by atoms with van der Waals surface area (Å²) < 4.78 is 0. The Hall–Kier alpha value is -0.780. The summed E-state index contributed by atoms with van der Waals surface area (Å²) in [6.45, 7) is 19.9. The van der Waals surface area contributed by atoms with Crippen LogP contribution in [0.15, 0.2) is 37.0 Å². The number of fused-ring (bicyclic) bond motifs is 1. The maximum Gasteiger partial charge on any atom is -0.0146 e. The van der Waals surface area contributed by atoms with Crippen molar-refractivity contribution in [3.05, 3.63) is 37.0 Å².